The Morgan fingerprint density at radius 2 is 1.18 bits per heavy atom. The van der Waals surface area contributed by atoms with Crippen LogP contribution in [0.3, 0.4) is 0 Å². The van der Waals surface area contributed by atoms with Crippen LogP contribution in [-0.4, -0.2) is 84.6 Å². The van der Waals surface area contributed by atoms with Crippen LogP contribution in [0.15, 0.2) is 0 Å². The van der Waals surface area contributed by atoms with Crippen LogP contribution in [0, 0.1) is 11.8 Å². The number of halogens is 6. The van der Waals surface area contributed by atoms with Crippen molar-refractivity contribution in [2.24, 2.45) is 11.8 Å². The summed E-state index contributed by atoms with van der Waals surface area (Å²) in [4.78, 5) is 0. The Morgan fingerprint density at radius 3 is 1.54 bits per heavy atom. The number of nitrogens with one attached hydrogen (secondary N) is 1. The molecule has 0 bridgehead atoms. The molecule has 1 saturated carbocycles. The van der Waals surface area contributed by atoms with Crippen molar-refractivity contribution in [3.63, 3.8) is 0 Å². The SMILES string of the molecule is CN(C)[P+](C1CCCC2C(O)NC(O)C21)(N(C)C)N(C)C.F[P-](F)(F)(F)(F)F. The van der Waals surface area contributed by atoms with Crippen LogP contribution in [0.2, 0.25) is 0 Å². The first-order valence-electron chi connectivity index (χ1n) is 8.80. The minimum atomic E-state index is -10.7. The normalized spacial score (nSPS) is 34.0. The van der Waals surface area contributed by atoms with Gasteiger partial charge in [0.05, 0.1) is 0 Å². The summed E-state index contributed by atoms with van der Waals surface area (Å²) in [5.41, 5.74) is 0.371. The molecule has 2 aliphatic rings. The molecule has 0 spiro atoms. The van der Waals surface area contributed by atoms with Crippen LogP contribution in [0.5, 0.6) is 0 Å². The average Bonchev–Trinajstić information content (AvgIpc) is 2.70. The van der Waals surface area contributed by atoms with Gasteiger partial charge in [-0.2, -0.15) is 14.0 Å². The fraction of sp³-hybridized carbons (Fsp3) is 1.00. The molecule has 2 rings (SSSR count). The van der Waals surface area contributed by atoms with E-state index in [2.05, 4.69) is 61.6 Å². The van der Waals surface area contributed by atoms with Crippen molar-refractivity contribution in [3.05, 3.63) is 0 Å². The fourth-order valence-electron chi connectivity index (χ4n) is 4.82. The Balaban J connectivity index is 0.000000480. The molecule has 2 fully saturated rings. The third-order valence-corrected chi connectivity index (χ3v) is 10.3. The second-order valence-corrected chi connectivity index (χ2v) is 14.1. The van der Waals surface area contributed by atoms with E-state index in [1.807, 2.05) is 0 Å². The first-order chi connectivity index (χ1) is 12.2. The molecule has 1 aliphatic carbocycles. The molecule has 28 heavy (non-hydrogen) atoms. The van der Waals surface area contributed by atoms with Crippen LogP contribution in [0.25, 0.3) is 0 Å². The third-order valence-electron chi connectivity index (χ3n) is 5.30. The monoisotopic (exact) mass is 464 g/mol. The van der Waals surface area contributed by atoms with E-state index >= 15 is 0 Å². The number of hydrogen-bond acceptors (Lipinski definition) is 6. The molecule has 1 saturated heterocycles. The second-order valence-electron chi connectivity index (χ2n) is 7.91. The zero-order valence-corrected chi connectivity index (χ0v) is 18.7. The summed E-state index contributed by atoms with van der Waals surface area (Å²) in [7, 11) is 0.459. The minimum absolute atomic E-state index is 0.120. The summed E-state index contributed by atoms with van der Waals surface area (Å²) in [6, 6.07) is 0. The van der Waals surface area contributed by atoms with Gasteiger partial charge in [0.15, 0.2) is 0 Å². The van der Waals surface area contributed by atoms with Crippen molar-refractivity contribution in [2.75, 3.05) is 42.3 Å². The van der Waals surface area contributed by atoms with E-state index in [1.165, 1.54) is 0 Å². The Bertz CT molecular complexity index is 516. The van der Waals surface area contributed by atoms with Gasteiger partial charge in [0.1, 0.15) is 18.1 Å². The van der Waals surface area contributed by atoms with Crippen molar-refractivity contribution in [2.45, 2.75) is 37.4 Å². The number of aliphatic hydroxyl groups excluding tert-OH is 2. The summed E-state index contributed by atoms with van der Waals surface area (Å²) in [6.45, 7) is 0. The molecule has 5 atom stereocenters. The summed E-state index contributed by atoms with van der Waals surface area (Å²) in [5, 5.41) is 23.6. The van der Waals surface area contributed by atoms with E-state index in [0.717, 1.165) is 19.3 Å². The van der Waals surface area contributed by atoms with Gasteiger partial charge in [-0.25, -0.2) is 0 Å². The fourth-order valence-corrected chi connectivity index (χ4v) is 10.1. The van der Waals surface area contributed by atoms with Crippen molar-refractivity contribution in [3.8, 4) is 0 Å². The second kappa shape index (κ2) is 7.71. The standard InChI is InChI=1S/C14H32N4O2P.F6P/c1-16(2)21(17(3)4,18(5)6)11-9-7-8-10-12(11)14(20)15-13(10)19;1-7(2,3,4,5)6/h10-15,19-20H,7-9H2,1-6H3;/q+1;-1. The topological polar surface area (TPSA) is 62.2 Å². The maximum atomic E-state index is 10.5. The predicted octanol–water partition coefficient (Wildman–Crippen LogP) is 3.84. The van der Waals surface area contributed by atoms with Crippen LogP contribution in [-0.2, 0) is 0 Å². The summed E-state index contributed by atoms with van der Waals surface area (Å²) >= 11 is 0. The molecule has 0 aromatic rings. The summed E-state index contributed by atoms with van der Waals surface area (Å²) in [6.07, 6.45) is 2.06. The van der Waals surface area contributed by atoms with Gasteiger partial charge < -0.3 is 10.2 Å². The van der Waals surface area contributed by atoms with Crippen LogP contribution >= 0.6 is 15.5 Å². The van der Waals surface area contributed by atoms with E-state index in [4.69, 9.17) is 0 Å². The van der Waals surface area contributed by atoms with E-state index in [9.17, 15) is 35.4 Å². The van der Waals surface area contributed by atoms with Gasteiger partial charge in [0.2, 0.25) is 7.71 Å². The third kappa shape index (κ3) is 6.60. The average molecular weight is 464 g/mol. The summed E-state index contributed by atoms with van der Waals surface area (Å²) < 4.78 is 66.2. The van der Waals surface area contributed by atoms with E-state index < -0.39 is 28.0 Å². The van der Waals surface area contributed by atoms with Gasteiger partial charge in [-0.15, -0.1) is 0 Å². The zero-order chi connectivity index (χ0) is 22.4. The Hall–Kier alpha value is 0.200. The quantitative estimate of drug-likeness (QED) is 0.434. The van der Waals surface area contributed by atoms with Crippen molar-refractivity contribution in [1.82, 2.24) is 19.3 Å². The molecule has 3 N–H and O–H groups in total. The number of nitrogens with zero attached hydrogens (tertiary/aromatic N) is 3. The van der Waals surface area contributed by atoms with Gasteiger partial charge in [0, 0.05) is 54.1 Å². The van der Waals surface area contributed by atoms with Gasteiger partial charge in [-0.05, 0) is 19.3 Å². The molecule has 1 heterocycles. The number of fused-ring (bicyclic) bond motifs is 1. The van der Waals surface area contributed by atoms with Crippen LogP contribution in [0.4, 0.5) is 25.2 Å². The van der Waals surface area contributed by atoms with Crippen molar-refractivity contribution in [1.29, 1.82) is 0 Å². The Morgan fingerprint density at radius 1 is 0.786 bits per heavy atom. The molecular weight excluding hydrogens is 432 g/mol. The number of hydrogen-bond donors (Lipinski definition) is 3. The van der Waals surface area contributed by atoms with E-state index in [0.29, 0.717) is 5.66 Å². The molecule has 0 radical (unpaired) electrons. The zero-order valence-electron chi connectivity index (χ0n) is 16.9. The molecule has 14 heteroatoms. The summed E-state index contributed by atoms with van der Waals surface area (Å²) in [5.74, 6) is 0.284. The number of rotatable bonds is 4. The first-order valence-corrected chi connectivity index (χ1v) is 12.5. The van der Waals surface area contributed by atoms with Crippen molar-refractivity contribution < 1.29 is 35.4 Å². The maximum absolute atomic E-state index is 10.7. The van der Waals surface area contributed by atoms with Gasteiger partial charge in [0.25, 0.3) is 0 Å². The molecule has 172 valence electrons. The van der Waals surface area contributed by atoms with Crippen LogP contribution in [0.1, 0.15) is 19.3 Å². The Kier molecular flexibility index (Phi) is 7.23. The molecule has 5 unspecified atom stereocenters. The molecule has 0 aromatic carbocycles. The Labute approximate surface area is 162 Å². The van der Waals surface area contributed by atoms with Gasteiger partial charge in [-0.3, -0.25) is 5.32 Å². The van der Waals surface area contributed by atoms with Gasteiger partial charge >= 0.3 is 33.0 Å². The van der Waals surface area contributed by atoms with Crippen molar-refractivity contribution >= 4 is 15.5 Å². The molecule has 6 nitrogen and oxygen atoms in total. The van der Waals surface area contributed by atoms with Gasteiger partial charge in [-0.1, -0.05) is 0 Å². The first kappa shape index (κ1) is 26.2. The molecule has 0 amide bonds. The van der Waals surface area contributed by atoms with E-state index in [-0.39, 0.29) is 11.8 Å². The predicted molar refractivity (Wildman–Crippen MR) is 101 cm³/mol. The molecule has 0 aromatic heterocycles. The number of aliphatic hydroxyl groups is 2. The van der Waals surface area contributed by atoms with E-state index in [1.54, 1.807) is 0 Å². The molecular formula is C14H32F6N4O2P2. The molecule has 1 aliphatic heterocycles. The van der Waals surface area contributed by atoms with Crippen LogP contribution < -0.4 is 5.32 Å².